The summed E-state index contributed by atoms with van der Waals surface area (Å²) in [5, 5.41) is 29.5. The van der Waals surface area contributed by atoms with Gasteiger partial charge in [0.25, 0.3) is 0 Å². The predicted octanol–water partition coefficient (Wildman–Crippen LogP) is -3.53. The Balaban J connectivity index is 4.61. The molecule has 2 amide bonds. The topological polar surface area (TPSA) is 179 Å². The number of aliphatic hydroxyl groups is 1. The third-order valence-corrected chi connectivity index (χ3v) is 1.96. The summed E-state index contributed by atoms with van der Waals surface area (Å²) < 4.78 is 0. The number of rotatable bonds is 8. The van der Waals surface area contributed by atoms with Gasteiger partial charge >= 0.3 is 11.9 Å². The molecule has 10 nitrogen and oxygen atoms in total. The lowest BCUT2D eigenvalue weighted by Crippen LogP contribution is -2.53. The summed E-state index contributed by atoms with van der Waals surface area (Å²) in [6.45, 7) is -1.39. The van der Waals surface area contributed by atoms with Crippen LogP contribution in [0.5, 0.6) is 0 Å². The van der Waals surface area contributed by atoms with Gasteiger partial charge in [0.1, 0.15) is 18.6 Å². The minimum absolute atomic E-state index is 0.678. The molecule has 0 bridgehead atoms. The molecule has 0 saturated carbocycles. The second kappa shape index (κ2) is 8.00. The first kappa shape index (κ1) is 16.8. The summed E-state index contributed by atoms with van der Waals surface area (Å²) in [6.07, 6.45) is -0.741. The van der Waals surface area contributed by atoms with Gasteiger partial charge in [-0.2, -0.15) is 0 Å². The maximum absolute atomic E-state index is 11.5. The molecule has 0 fully saturated rings. The van der Waals surface area contributed by atoms with E-state index >= 15 is 0 Å². The molecular weight excluding hydrogens is 262 g/mol. The van der Waals surface area contributed by atoms with Crippen LogP contribution in [0, 0.1) is 0 Å². The number of nitrogens with two attached hydrogens (primary N) is 1. The Morgan fingerprint density at radius 2 is 1.63 bits per heavy atom. The van der Waals surface area contributed by atoms with Crippen LogP contribution in [0.4, 0.5) is 0 Å². The van der Waals surface area contributed by atoms with Crippen molar-refractivity contribution in [2.75, 3.05) is 13.2 Å². The van der Waals surface area contributed by atoms with Crippen LogP contribution in [-0.4, -0.2) is 64.3 Å². The largest absolute Gasteiger partial charge is 0.481 e. The number of carbonyl (C=O) groups is 4. The monoisotopic (exact) mass is 277 g/mol. The minimum Gasteiger partial charge on any atom is -0.481 e. The number of amides is 2. The van der Waals surface area contributed by atoms with E-state index in [0.717, 1.165) is 0 Å². The highest BCUT2D eigenvalue weighted by atomic mass is 16.4. The zero-order chi connectivity index (χ0) is 15.0. The van der Waals surface area contributed by atoms with Gasteiger partial charge in [-0.25, -0.2) is 0 Å². The standard InChI is InChI=1S/C9H15N3O7/c10-4(3-13)8(18)12-5(1-6(14)15)9(19)11-2-7(16)17/h4-5,13H,1-3,10H2,(H,11,19)(H,12,18)(H,14,15)(H,16,17). The third-order valence-electron chi connectivity index (χ3n) is 1.96. The van der Waals surface area contributed by atoms with Gasteiger partial charge in [0.2, 0.25) is 11.8 Å². The number of carboxylic acids is 2. The van der Waals surface area contributed by atoms with Crippen LogP contribution in [0.25, 0.3) is 0 Å². The molecule has 0 aromatic carbocycles. The average Bonchev–Trinajstić information content (AvgIpc) is 2.33. The van der Waals surface area contributed by atoms with Gasteiger partial charge in [-0.3, -0.25) is 19.2 Å². The molecule has 0 rings (SSSR count). The molecule has 0 saturated heterocycles. The molecular formula is C9H15N3O7. The van der Waals surface area contributed by atoms with Crippen LogP contribution in [0.1, 0.15) is 6.42 Å². The summed E-state index contributed by atoms with van der Waals surface area (Å²) in [5.41, 5.74) is 5.18. The Morgan fingerprint density at radius 1 is 1.05 bits per heavy atom. The lowest BCUT2D eigenvalue weighted by atomic mass is 10.1. The molecule has 7 N–H and O–H groups in total. The van der Waals surface area contributed by atoms with E-state index in [2.05, 4.69) is 0 Å². The fraction of sp³-hybridized carbons (Fsp3) is 0.556. The number of carbonyl (C=O) groups excluding carboxylic acids is 2. The highest BCUT2D eigenvalue weighted by molar-refractivity contribution is 5.93. The van der Waals surface area contributed by atoms with E-state index in [0.29, 0.717) is 0 Å². The molecule has 0 aromatic rings. The Morgan fingerprint density at radius 3 is 2.05 bits per heavy atom. The number of carboxylic acid groups (broad SMARTS) is 2. The van der Waals surface area contributed by atoms with Crippen LogP contribution < -0.4 is 16.4 Å². The van der Waals surface area contributed by atoms with Crippen molar-refractivity contribution in [2.45, 2.75) is 18.5 Å². The average molecular weight is 277 g/mol. The molecule has 0 spiro atoms. The molecule has 0 radical (unpaired) electrons. The second-order valence-electron chi connectivity index (χ2n) is 3.56. The van der Waals surface area contributed by atoms with Gasteiger partial charge in [0.15, 0.2) is 0 Å². The Labute approximate surface area is 107 Å². The summed E-state index contributed by atoms with van der Waals surface area (Å²) in [7, 11) is 0. The van der Waals surface area contributed by atoms with Crippen molar-refractivity contribution in [3.05, 3.63) is 0 Å². The van der Waals surface area contributed by atoms with Crippen molar-refractivity contribution in [2.24, 2.45) is 5.73 Å². The van der Waals surface area contributed by atoms with Crippen LogP contribution in [-0.2, 0) is 19.2 Å². The maximum Gasteiger partial charge on any atom is 0.322 e. The zero-order valence-corrected chi connectivity index (χ0v) is 9.83. The number of hydrogen-bond donors (Lipinski definition) is 6. The number of aliphatic carboxylic acids is 2. The van der Waals surface area contributed by atoms with Crippen LogP contribution in [0.15, 0.2) is 0 Å². The number of hydrogen-bond acceptors (Lipinski definition) is 6. The molecule has 19 heavy (non-hydrogen) atoms. The van der Waals surface area contributed by atoms with E-state index in [9.17, 15) is 19.2 Å². The third kappa shape index (κ3) is 6.95. The molecule has 0 aliphatic carbocycles. The van der Waals surface area contributed by atoms with Crippen LogP contribution >= 0.6 is 0 Å². The summed E-state index contributed by atoms with van der Waals surface area (Å²) >= 11 is 0. The van der Waals surface area contributed by atoms with E-state index in [-0.39, 0.29) is 0 Å². The fourth-order valence-corrected chi connectivity index (χ4v) is 1.03. The van der Waals surface area contributed by atoms with Crippen molar-refractivity contribution >= 4 is 23.8 Å². The highest BCUT2D eigenvalue weighted by Gasteiger charge is 2.25. The smallest absolute Gasteiger partial charge is 0.322 e. The Bertz CT molecular complexity index is 371. The van der Waals surface area contributed by atoms with Crippen LogP contribution in [0.2, 0.25) is 0 Å². The van der Waals surface area contributed by atoms with Crippen molar-refractivity contribution < 1.29 is 34.5 Å². The van der Waals surface area contributed by atoms with E-state index in [1.165, 1.54) is 0 Å². The SMILES string of the molecule is NC(CO)C(=O)NC(CC(=O)O)C(=O)NCC(=O)O. The van der Waals surface area contributed by atoms with Gasteiger partial charge in [-0.05, 0) is 0 Å². The molecule has 2 atom stereocenters. The minimum atomic E-state index is -1.47. The lowest BCUT2D eigenvalue weighted by Gasteiger charge is -2.18. The number of aliphatic hydroxyl groups excluding tert-OH is 1. The molecule has 2 unspecified atom stereocenters. The Hall–Kier alpha value is -2.20. The molecule has 0 heterocycles. The fourth-order valence-electron chi connectivity index (χ4n) is 1.03. The molecule has 0 aliphatic rings. The van der Waals surface area contributed by atoms with Gasteiger partial charge in [0.05, 0.1) is 13.0 Å². The van der Waals surface area contributed by atoms with Crippen molar-refractivity contribution in [3.63, 3.8) is 0 Å². The van der Waals surface area contributed by atoms with Gasteiger partial charge in [-0.15, -0.1) is 0 Å². The van der Waals surface area contributed by atoms with E-state index in [4.69, 9.17) is 21.1 Å². The predicted molar refractivity (Wildman–Crippen MR) is 59.9 cm³/mol. The first-order valence-electron chi connectivity index (χ1n) is 5.16. The second-order valence-corrected chi connectivity index (χ2v) is 3.56. The zero-order valence-electron chi connectivity index (χ0n) is 9.83. The van der Waals surface area contributed by atoms with Gasteiger partial charge in [-0.1, -0.05) is 0 Å². The first-order valence-corrected chi connectivity index (χ1v) is 5.16. The molecule has 10 heteroatoms. The van der Waals surface area contributed by atoms with E-state index in [1.807, 2.05) is 10.6 Å². The maximum atomic E-state index is 11.5. The lowest BCUT2D eigenvalue weighted by molar-refractivity contribution is -0.141. The summed E-state index contributed by atoms with van der Waals surface area (Å²) in [4.78, 5) is 43.6. The molecule has 0 aliphatic heterocycles. The van der Waals surface area contributed by atoms with Gasteiger partial charge < -0.3 is 31.7 Å². The van der Waals surface area contributed by atoms with Crippen molar-refractivity contribution in [1.29, 1.82) is 0 Å². The van der Waals surface area contributed by atoms with Gasteiger partial charge in [0, 0.05) is 0 Å². The van der Waals surface area contributed by atoms with Crippen molar-refractivity contribution in [1.82, 2.24) is 10.6 Å². The molecule has 0 aromatic heterocycles. The normalized spacial score (nSPS) is 13.2. The quantitative estimate of drug-likeness (QED) is 0.264. The summed E-state index contributed by atoms with van der Waals surface area (Å²) in [5.74, 6) is -4.57. The molecule has 108 valence electrons. The van der Waals surface area contributed by atoms with Crippen LogP contribution in [0.3, 0.4) is 0 Å². The highest BCUT2D eigenvalue weighted by Crippen LogP contribution is 1.94. The van der Waals surface area contributed by atoms with Crippen molar-refractivity contribution in [3.8, 4) is 0 Å². The number of nitrogens with one attached hydrogen (secondary N) is 2. The first-order chi connectivity index (χ1) is 8.77. The Kier molecular flexibility index (Phi) is 7.07. The van der Waals surface area contributed by atoms with E-state index in [1.54, 1.807) is 0 Å². The summed E-state index contributed by atoms with van der Waals surface area (Å²) in [6, 6.07) is -2.77. The van der Waals surface area contributed by atoms with E-state index < -0.39 is 55.4 Å².